The second-order valence-electron chi connectivity index (χ2n) is 5.85. The number of carbonyl (C=O) groups is 1. The first-order valence-corrected chi connectivity index (χ1v) is 8.95. The van der Waals surface area contributed by atoms with Crippen LogP contribution in [0.3, 0.4) is 0 Å². The minimum Gasteiger partial charge on any atom is -0.497 e. The van der Waals surface area contributed by atoms with Crippen molar-refractivity contribution in [2.75, 3.05) is 32.6 Å². The van der Waals surface area contributed by atoms with Crippen molar-refractivity contribution in [3.05, 3.63) is 40.6 Å². The largest absolute Gasteiger partial charge is 0.497 e. The Morgan fingerprint density at radius 1 is 1.17 bits per heavy atom. The minimum atomic E-state index is -0.0749. The van der Waals surface area contributed by atoms with Gasteiger partial charge in [-0.15, -0.1) is 0 Å². The number of amides is 2. The topological polar surface area (TPSA) is 50.8 Å². The van der Waals surface area contributed by atoms with Gasteiger partial charge in [0, 0.05) is 37.0 Å². The van der Waals surface area contributed by atoms with Crippen LogP contribution in [0.2, 0.25) is 0 Å². The minimum absolute atomic E-state index is 0.0749. The van der Waals surface area contributed by atoms with E-state index in [1.807, 2.05) is 4.90 Å². The molecule has 1 aliphatic heterocycles. The van der Waals surface area contributed by atoms with Crippen LogP contribution in [0.1, 0.15) is 24.3 Å². The van der Waals surface area contributed by atoms with Crippen molar-refractivity contribution in [3.8, 4) is 11.5 Å². The normalized spacial score (nSPS) is 15.2. The highest BCUT2D eigenvalue weighted by Gasteiger charge is 2.24. The number of hydrogen-bond acceptors (Lipinski definition) is 4. The zero-order valence-electron chi connectivity index (χ0n) is 14.0. The maximum atomic E-state index is 12.5. The van der Waals surface area contributed by atoms with Crippen LogP contribution in [0.4, 0.5) is 10.5 Å². The molecule has 128 valence electrons. The molecule has 1 aromatic heterocycles. The lowest BCUT2D eigenvalue weighted by Gasteiger charge is -2.31. The maximum absolute atomic E-state index is 12.5. The first kappa shape index (κ1) is 16.6. The number of rotatable bonds is 4. The molecule has 0 spiro atoms. The molecule has 1 aliphatic rings. The quantitative estimate of drug-likeness (QED) is 0.904. The van der Waals surface area contributed by atoms with Gasteiger partial charge in [-0.05, 0) is 41.1 Å². The van der Waals surface area contributed by atoms with Gasteiger partial charge in [0.05, 0.1) is 14.2 Å². The van der Waals surface area contributed by atoms with E-state index >= 15 is 0 Å². The van der Waals surface area contributed by atoms with Gasteiger partial charge in [-0.1, -0.05) is 0 Å². The second-order valence-corrected chi connectivity index (χ2v) is 6.63. The Morgan fingerprint density at radius 2 is 1.83 bits per heavy atom. The summed E-state index contributed by atoms with van der Waals surface area (Å²) in [5, 5.41) is 7.27. The van der Waals surface area contributed by atoms with Crippen molar-refractivity contribution in [1.82, 2.24) is 4.90 Å². The van der Waals surface area contributed by atoms with Gasteiger partial charge in [-0.3, -0.25) is 0 Å². The number of carbonyl (C=O) groups excluding carboxylic acids is 1. The number of urea groups is 1. The first-order valence-electron chi connectivity index (χ1n) is 8.00. The lowest BCUT2D eigenvalue weighted by atomic mass is 9.91. The molecular formula is C18H22N2O3S. The average Bonchev–Trinajstić information content (AvgIpc) is 3.16. The van der Waals surface area contributed by atoms with E-state index in [1.54, 1.807) is 43.8 Å². The number of nitrogens with zero attached hydrogens (tertiary/aromatic N) is 1. The highest BCUT2D eigenvalue weighted by Crippen LogP contribution is 2.30. The zero-order valence-corrected chi connectivity index (χ0v) is 14.8. The number of nitrogens with one attached hydrogen (secondary N) is 1. The summed E-state index contributed by atoms with van der Waals surface area (Å²) in [6.45, 7) is 1.54. The van der Waals surface area contributed by atoms with Crippen molar-refractivity contribution < 1.29 is 14.3 Å². The lowest BCUT2D eigenvalue weighted by molar-refractivity contribution is 0.194. The lowest BCUT2D eigenvalue weighted by Crippen LogP contribution is -2.40. The molecule has 1 aromatic carbocycles. The third-order valence-corrected chi connectivity index (χ3v) is 5.10. The van der Waals surface area contributed by atoms with Gasteiger partial charge < -0.3 is 19.7 Å². The molecule has 3 rings (SSSR count). The number of methoxy groups -OCH3 is 2. The zero-order chi connectivity index (χ0) is 16.9. The number of likely N-dealkylation sites (tertiary alicyclic amines) is 1. The van der Waals surface area contributed by atoms with Crippen LogP contribution in [0.15, 0.2) is 35.0 Å². The van der Waals surface area contributed by atoms with E-state index in [-0.39, 0.29) is 6.03 Å². The molecule has 0 bridgehead atoms. The molecule has 2 aromatic rings. The number of thiophene rings is 1. The Labute approximate surface area is 146 Å². The number of hydrogen-bond donors (Lipinski definition) is 1. The van der Waals surface area contributed by atoms with Gasteiger partial charge in [-0.25, -0.2) is 4.79 Å². The summed E-state index contributed by atoms with van der Waals surface area (Å²) in [6, 6.07) is 7.47. The first-order chi connectivity index (χ1) is 11.7. The second kappa shape index (κ2) is 7.57. The maximum Gasteiger partial charge on any atom is 0.321 e. The van der Waals surface area contributed by atoms with Crippen molar-refractivity contribution in [1.29, 1.82) is 0 Å². The number of ether oxygens (including phenoxy) is 2. The Hall–Kier alpha value is -2.21. The fourth-order valence-corrected chi connectivity index (χ4v) is 3.75. The Balaban J connectivity index is 1.60. The van der Waals surface area contributed by atoms with Gasteiger partial charge in [0.15, 0.2) is 0 Å². The van der Waals surface area contributed by atoms with Crippen LogP contribution in [-0.2, 0) is 0 Å². The van der Waals surface area contributed by atoms with Crippen LogP contribution >= 0.6 is 11.3 Å². The van der Waals surface area contributed by atoms with E-state index in [9.17, 15) is 4.79 Å². The highest BCUT2D eigenvalue weighted by molar-refractivity contribution is 7.07. The molecule has 2 heterocycles. The van der Waals surface area contributed by atoms with Crippen LogP contribution in [0.25, 0.3) is 0 Å². The fraction of sp³-hybridized carbons (Fsp3) is 0.389. The van der Waals surface area contributed by atoms with Gasteiger partial charge >= 0.3 is 6.03 Å². The Bertz CT molecular complexity index is 657. The smallest absolute Gasteiger partial charge is 0.321 e. The van der Waals surface area contributed by atoms with Crippen LogP contribution in [-0.4, -0.2) is 38.2 Å². The predicted molar refractivity (Wildman–Crippen MR) is 96.4 cm³/mol. The molecule has 0 atom stereocenters. The van der Waals surface area contributed by atoms with Crippen molar-refractivity contribution in [2.24, 2.45) is 0 Å². The number of benzene rings is 1. The summed E-state index contributed by atoms with van der Waals surface area (Å²) in [4.78, 5) is 14.4. The van der Waals surface area contributed by atoms with Gasteiger partial charge in [0.2, 0.25) is 0 Å². The predicted octanol–water partition coefficient (Wildman–Crippen LogP) is 4.18. The van der Waals surface area contributed by atoms with Crippen LogP contribution in [0, 0.1) is 0 Å². The summed E-state index contributed by atoms with van der Waals surface area (Å²) in [6.07, 6.45) is 2.01. The summed E-state index contributed by atoms with van der Waals surface area (Å²) in [7, 11) is 3.19. The molecule has 2 amide bonds. The Morgan fingerprint density at radius 3 is 2.38 bits per heavy atom. The van der Waals surface area contributed by atoms with Gasteiger partial charge in [0.1, 0.15) is 11.5 Å². The van der Waals surface area contributed by atoms with E-state index in [0.29, 0.717) is 23.1 Å². The van der Waals surface area contributed by atoms with E-state index in [4.69, 9.17) is 9.47 Å². The molecule has 24 heavy (non-hydrogen) atoms. The van der Waals surface area contributed by atoms with Gasteiger partial charge in [0.25, 0.3) is 0 Å². The molecule has 0 saturated carbocycles. The van der Waals surface area contributed by atoms with E-state index in [1.165, 1.54) is 5.56 Å². The van der Waals surface area contributed by atoms with E-state index in [2.05, 4.69) is 22.1 Å². The SMILES string of the molecule is COc1cc(NC(=O)N2CCC(c3ccsc3)CC2)cc(OC)c1. The number of anilines is 1. The number of piperidine rings is 1. The highest BCUT2D eigenvalue weighted by atomic mass is 32.1. The fourth-order valence-electron chi connectivity index (χ4n) is 3.01. The van der Waals surface area contributed by atoms with Crippen LogP contribution in [0.5, 0.6) is 11.5 Å². The van der Waals surface area contributed by atoms with Crippen molar-refractivity contribution in [3.63, 3.8) is 0 Å². The van der Waals surface area contributed by atoms with Gasteiger partial charge in [-0.2, -0.15) is 11.3 Å². The molecule has 0 unspecified atom stereocenters. The van der Waals surface area contributed by atoms with E-state index in [0.717, 1.165) is 25.9 Å². The summed E-state index contributed by atoms with van der Waals surface area (Å²) >= 11 is 1.73. The third-order valence-electron chi connectivity index (χ3n) is 4.40. The monoisotopic (exact) mass is 346 g/mol. The molecule has 0 radical (unpaired) electrons. The molecule has 1 saturated heterocycles. The molecule has 0 aliphatic carbocycles. The Kier molecular flexibility index (Phi) is 5.25. The summed E-state index contributed by atoms with van der Waals surface area (Å²) in [5.41, 5.74) is 2.08. The van der Waals surface area contributed by atoms with Crippen molar-refractivity contribution >= 4 is 23.1 Å². The third kappa shape index (κ3) is 3.82. The molecular weight excluding hydrogens is 324 g/mol. The van der Waals surface area contributed by atoms with Crippen LogP contribution < -0.4 is 14.8 Å². The summed E-state index contributed by atoms with van der Waals surface area (Å²) in [5.74, 6) is 1.87. The summed E-state index contributed by atoms with van der Waals surface area (Å²) < 4.78 is 10.5. The standard InChI is InChI=1S/C18H22N2O3S/c1-22-16-9-15(10-17(11-16)23-2)19-18(21)20-6-3-13(4-7-20)14-5-8-24-12-14/h5,8-13H,3-4,6-7H2,1-2H3,(H,19,21). The average molecular weight is 346 g/mol. The molecule has 5 nitrogen and oxygen atoms in total. The van der Waals surface area contributed by atoms with Crippen molar-refractivity contribution in [2.45, 2.75) is 18.8 Å². The molecule has 1 N–H and O–H groups in total. The molecule has 6 heteroatoms. The molecule has 1 fully saturated rings. The van der Waals surface area contributed by atoms with E-state index < -0.39 is 0 Å².